The van der Waals surface area contributed by atoms with E-state index in [9.17, 15) is 22.0 Å². The number of carbonyl (C=O) groups excluding carboxylic acids is 1. The van der Waals surface area contributed by atoms with Crippen LogP contribution < -0.4 is 9.62 Å². The molecule has 120 valence electrons. The molecule has 0 saturated carbocycles. The van der Waals surface area contributed by atoms with Crippen LogP contribution in [0.5, 0.6) is 0 Å². The van der Waals surface area contributed by atoms with Gasteiger partial charge in [-0.25, -0.2) is 21.9 Å². The molecule has 1 amide bonds. The summed E-state index contributed by atoms with van der Waals surface area (Å²) < 4.78 is 53.5. The largest absolute Gasteiger partial charge is 0.306 e. The minimum absolute atomic E-state index is 0.119. The first kappa shape index (κ1) is 16.6. The van der Waals surface area contributed by atoms with Gasteiger partial charge in [0.2, 0.25) is 15.9 Å². The van der Waals surface area contributed by atoms with Crippen LogP contribution in [0.4, 0.5) is 14.5 Å². The van der Waals surface area contributed by atoms with Gasteiger partial charge in [0.05, 0.1) is 5.75 Å². The summed E-state index contributed by atoms with van der Waals surface area (Å²) in [6.45, 7) is 4.97. The molecule has 1 atom stereocenters. The lowest BCUT2D eigenvalue weighted by molar-refractivity contribution is -0.117. The minimum atomic E-state index is -3.63. The number of para-hydroxylation sites is 1. The minimum Gasteiger partial charge on any atom is -0.306 e. The molecule has 0 bridgehead atoms. The Morgan fingerprint density at radius 2 is 2.00 bits per heavy atom. The highest BCUT2D eigenvalue weighted by Crippen LogP contribution is 2.27. The standard InChI is InChI=1S/C14H16F2N2O3S/c1-9(2)8-22(20,21)17-10-6-13(19)18(7-10)14-11(15)4-3-5-12(14)16/h3-5,10,17H,1,6-8H2,2H3/t10-/m1/s1. The van der Waals surface area contributed by atoms with Crippen LogP contribution in [0.15, 0.2) is 30.4 Å². The molecule has 1 heterocycles. The monoisotopic (exact) mass is 330 g/mol. The second-order valence-corrected chi connectivity index (χ2v) is 7.06. The highest BCUT2D eigenvalue weighted by molar-refractivity contribution is 7.89. The van der Waals surface area contributed by atoms with Gasteiger partial charge < -0.3 is 4.90 Å². The molecule has 1 aliphatic heterocycles. The van der Waals surface area contributed by atoms with Crippen molar-refractivity contribution < 1.29 is 22.0 Å². The molecule has 22 heavy (non-hydrogen) atoms. The molecule has 1 saturated heterocycles. The molecule has 8 heteroatoms. The molecule has 0 aromatic heterocycles. The number of hydrogen-bond donors (Lipinski definition) is 1. The van der Waals surface area contributed by atoms with Gasteiger partial charge in [-0.1, -0.05) is 18.2 Å². The molecule has 1 aromatic rings. The van der Waals surface area contributed by atoms with Crippen molar-refractivity contribution in [2.75, 3.05) is 17.2 Å². The maximum Gasteiger partial charge on any atom is 0.228 e. The number of nitrogens with one attached hydrogen (secondary N) is 1. The lowest BCUT2D eigenvalue weighted by Gasteiger charge is -2.18. The third-order valence-electron chi connectivity index (χ3n) is 3.12. The van der Waals surface area contributed by atoms with E-state index in [4.69, 9.17) is 0 Å². The van der Waals surface area contributed by atoms with Crippen molar-refractivity contribution in [2.24, 2.45) is 0 Å². The molecule has 1 fully saturated rings. The number of anilines is 1. The quantitative estimate of drug-likeness (QED) is 0.833. The van der Waals surface area contributed by atoms with Gasteiger partial charge in [0.25, 0.3) is 0 Å². The molecule has 0 radical (unpaired) electrons. The van der Waals surface area contributed by atoms with E-state index in [2.05, 4.69) is 11.3 Å². The smallest absolute Gasteiger partial charge is 0.228 e. The van der Waals surface area contributed by atoms with Gasteiger partial charge in [0.15, 0.2) is 0 Å². The maximum atomic E-state index is 13.7. The zero-order valence-electron chi connectivity index (χ0n) is 12.0. The van der Waals surface area contributed by atoms with Crippen LogP contribution in [0.3, 0.4) is 0 Å². The molecule has 0 aliphatic carbocycles. The highest BCUT2D eigenvalue weighted by atomic mass is 32.2. The second kappa shape index (κ2) is 6.13. The summed E-state index contributed by atoms with van der Waals surface area (Å²) in [5.74, 6) is -2.52. The SMILES string of the molecule is C=C(C)CS(=O)(=O)N[C@@H]1CC(=O)N(c2c(F)cccc2F)C1. The van der Waals surface area contributed by atoms with E-state index < -0.39 is 39.3 Å². The van der Waals surface area contributed by atoms with Crippen LogP contribution in [0, 0.1) is 11.6 Å². The predicted octanol–water partition coefficient (Wildman–Crippen LogP) is 1.57. The predicted molar refractivity (Wildman–Crippen MR) is 78.9 cm³/mol. The number of carbonyl (C=O) groups is 1. The lowest BCUT2D eigenvalue weighted by atomic mass is 10.2. The molecule has 0 spiro atoms. The fourth-order valence-corrected chi connectivity index (χ4v) is 3.77. The molecule has 5 nitrogen and oxygen atoms in total. The number of rotatable bonds is 5. The number of hydrogen-bond acceptors (Lipinski definition) is 3. The van der Waals surface area contributed by atoms with E-state index in [1.165, 1.54) is 6.07 Å². The Morgan fingerprint density at radius 1 is 1.41 bits per heavy atom. The fraction of sp³-hybridized carbons (Fsp3) is 0.357. The summed E-state index contributed by atoms with van der Waals surface area (Å²) >= 11 is 0. The number of nitrogens with zero attached hydrogens (tertiary/aromatic N) is 1. The zero-order valence-corrected chi connectivity index (χ0v) is 12.8. The first-order valence-electron chi connectivity index (χ1n) is 6.58. The van der Waals surface area contributed by atoms with Gasteiger partial charge in [-0.05, 0) is 19.1 Å². The first-order chi connectivity index (χ1) is 10.2. The average Bonchev–Trinajstić information content (AvgIpc) is 2.67. The molecule has 1 aromatic carbocycles. The molecule has 0 unspecified atom stereocenters. The number of sulfonamides is 1. The van der Waals surface area contributed by atoms with Crippen molar-refractivity contribution in [3.05, 3.63) is 42.0 Å². The van der Waals surface area contributed by atoms with Crippen molar-refractivity contribution in [2.45, 2.75) is 19.4 Å². The molecule has 2 rings (SSSR count). The number of amides is 1. The average molecular weight is 330 g/mol. The summed E-state index contributed by atoms with van der Waals surface area (Å²) in [6, 6.07) is 2.56. The van der Waals surface area contributed by atoms with E-state index in [1.807, 2.05) is 0 Å². The van der Waals surface area contributed by atoms with Crippen molar-refractivity contribution in [3.8, 4) is 0 Å². The van der Waals surface area contributed by atoms with Crippen LogP contribution in [0.25, 0.3) is 0 Å². The number of halogens is 2. The van der Waals surface area contributed by atoms with Crippen molar-refractivity contribution in [3.63, 3.8) is 0 Å². The molecule has 1 aliphatic rings. The Kier molecular flexibility index (Phi) is 4.62. The molecule has 1 N–H and O–H groups in total. The van der Waals surface area contributed by atoms with Gasteiger partial charge in [0.1, 0.15) is 17.3 Å². The van der Waals surface area contributed by atoms with Crippen LogP contribution in [-0.2, 0) is 14.8 Å². The van der Waals surface area contributed by atoms with Crippen LogP contribution in [0.2, 0.25) is 0 Å². The van der Waals surface area contributed by atoms with Crippen LogP contribution >= 0.6 is 0 Å². The third kappa shape index (κ3) is 3.69. The maximum absolute atomic E-state index is 13.7. The Morgan fingerprint density at radius 3 is 2.55 bits per heavy atom. The van der Waals surface area contributed by atoms with Crippen molar-refractivity contribution in [1.82, 2.24) is 4.72 Å². The zero-order chi connectivity index (χ0) is 16.5. The summed E-state index contributed by atoms with van der Waals surface area (Å²) in [5, 5.41) is 0. The Labute approximate surface area is 127 Å². The van der Waals surface area contributed by atoms with E-state index in [-0.39, 0.29) is 18.7 Å². The third-order valence-corrected chi connectivity index (χ3v) is 4.68. The van der Waals surface area contributed by atoms with Gasteiger partial charge in [-0.3, -0.25) is 4.79 Å². The highest BCUT2D eigenvalue weighted by Gasteiger charge is 2.35. The summed E-state index contributed by atoms with van der Waals surface area (Å²) in [5.41, 5.74) is 0.00271. The topological polar surface area (TPSA) is 66.5 Å². The Hall–Kier alpha value is -1.80. The Balaban J connectivity index is 2.17. The summed E-state index contributed by atoms with van der Waals surface area (Å²) in [4.78, 5) is 12.9. The first-order valence-corrected chi connectivity index (χ1v) is 8.23. The van der Waals surface area contributed by atoms with E-state index in [0.717, 1.165) is 17.0 Å². The molecular weight excluding hydrogens is 314 g/mol. The number of benzene rings is 1. The summed E-state index contributed by atoms with van der Waals surface area (Å²) in [7, 11) is -3.63. The summed E-state index contributed by atoms with van der Waals surface area (Å²) in [6.07, 6.45) is -0.150. The van der Waals surface area contributed by atoms with E-state index in [0.29, 0.717) is 5.57 Å². The normalized spacial score (nSPS) is 18.8. The second-order valence-electron chi connectivity index (χ2n) is 5.31. The van der Waals surface area contributed by atoms with E-state index in [1.54, 1.807) is 6.92 Å². The van der Waals surface area contributed by atoms with Gasteiger partial charge in [-0.2, -0.15) is 0 Å². The van der Waals surface area contributed by atoms with Crippen molar-refractivity contribution >= 4 is 21.6 Å². The van der Waals surface area contributed by atoms with Crippen LogP contribution in [-0.4, -0.2) is 32.7 Å². The lowest BCUT2D eigenvalue weighted by Crippen LogP contribution is -2.38. The van der Waals surface area contributed by atoms with Gasteiger partial charge >= 0.3 is 0 Å². The Bertz CT molecular complexity index is 699. The fourth-order valence-electron chi connectivity index (χ4n) is 2.37. The van der Waals surface area contributed by atoms with E-state index >= 15 is 0 Å². The van der Waals surface area contributed by atoms with Crippen LogP contribution in [0.1, 0.15) is 13.3 Å². The van der Waals surface area contributed by atoms with Crippen molar-refractivity contribution in [1.29, 1.82) is 0 Å². The van der Waals surface area contributed by atoms with Gasteiger partial charge in [-0.15, -0.1) is 0 Å². The molecular formula is C14H16F2N2O3S. The van der Waals surface area contributed by atoms with Gasteiger partial charge in [0, 0.05) is 19.0 Å².